The van der Waals surface area contributed by atoms with E-state index in [0.717, 1.165) is 51.4 Å². The van der Waals surface area contributed by atoms with E-state index in [1.54, 1.807) is 0 Å². The van der Waals surface area contributed by atoms with E-state index in [9.17, 15) is 9.90 Å². The van der Waals surface area contributed by atoms with E-state index in [-0.39, 0.29) is 35.4 Å². The summed E-state index contributed by atoms with van der Waals surface area (Å²) in [4.78, 5) is 11.6. The third-order valence-electron chi connectivity index (χ3n) is 7.51. The molecule has 6 nitrogen and oxygen atoms in total. The zero-order valence-electron chi connectivity index (χ0n) is 20.4. The number of carbonyl (C=O) groups excluding carboxylic acids is 1. The van der Waals surface area contributed by atoms with Gasteiger partial charge in [-0.2, -0.15) is 0 Å². The van der Waals surface area contributed by atoms with E-state index in [1.807, 2.05) is 0 Å². The van der Waals surface area contributed by atoms with Crippen molar-refractivity contribution in [2.45, 2.75) is 103 Å². The fourth-order valence-electron chi connectivity index (χ4n) is 4.98. The highest BCUT2D eigenvalue weighted by atomic mass is 32.4. The van der Waals surface area contributed by atoms with E-state index in [2.05, 4.69) is 60.2 Å². The third-order valence-corrected chi connectivity index (χ3v) is 8.91. The molecule has 7 unspecified atom stereocenters. The maximum Gasteiger partial charge on any atom is 0.309 e. The van der Waals surface area contributed by atoms with Crippen LogP contribution in [0.5, 0.6) is 0 Å². The van der Waals surface area contributed by atoms with Crippen LogP contribution < -0.4 is 0 Å². The third kappa shape index (κ3) is 8.68. The van der Waals surface area contributed by atoms with Crippen LogP contribution in [0.2, 0.25) is 0 Å². The predicted octanol–water partition coefficient (Wildman–Crippen LogP) is 6.49. The number of aliphatic hydroxyl groups is 1. The van der Waals surface area contributed by atoms with Crippen molar-refractivity contribution in [3.63, 3.8) is 0 Å². The summed E-state index contributed by atoms with van der Waals surface area (Å²) in [5.41, 5.74) is -0.0560. The van der Waals surface area contributed by atoms with Gasteiger partial charge in [0, 0.05) is 34.1 Å². The number of allylic oxidation sites excluding steroid dienone is 2. The Balaban J connectivity index is 1.78. The molecule has 0 bridgehead atoms. The van der Waals surface area contributed by atoms with E-state index in [0.29, 0.717) is 19.6 Å². The lowest BCUT2D eigenvalue weighted by Crippen LogP contribution is -2.57. The second-order valence-corrected chi connectivity index (χ2v) is 15.9. The van der Waals surface area contributed by atoms with Crippen molar-refractivity contribution >= 4 is 40.8 Å². The lowest BCUT2D eigenvalue weighted by atomic mass is 9.75. The highest BCUT2D eigenvalue weighted by Gasteiger charge is 2.53. The lowest BCUT2D eigenvalue weighted by Gasteiger charge is -2.52. The van der Waals surface area contributed by atoms with Gasteiger partial charge in [-0.1, -0.05) is 57.2 Å². The van der Waals surface area contributed by atoms with Crippen LogP contribution in [-0.4, -0.2) is 35.9 Å². The largest absolute Gasteiger partial charge is 0.437 e. The Bertz CT molecular complexity index is 626. The van der Waals surface area contributed by atoms with Crippen LogP contribution in [0.15, 0.2) is 12.2 Å². The number of aliphatic hydroxyl groups excluding tert-OH is 1. The highest BCUT2D eigenvalue weighted by molar-refractivity contribution is 8.41. The SMILES string of the molecule is CCC(C)(C)C1(CCC2C(OP)CC(O)C2C/C=C/CCCCCC(=O)OP(P)P)OCO1. The number of rotatable bonds is 15. The summed E-state index contributed by atoms with van der Waals surface area (Å²) in [6, 6.07) is 0. The molecular weight excluding hydrogens is 496 g/mol. The molecule has 0 aromatic heterocycles. The molecule has 1 aliphatic heterocycles. The summed E-state index contributed by atoms with van der Waals surface area (Å²) in [6.07, 6.45) is 12.7. The quantitative estimate of drug-likeness (QED) is 0.145. The van der Waals surface area contributed by atoms with Gasteiger partial charge in [-0.15, -0.1) is 0 Å². The Labute approximate surface area is 208 Å². The van der Waals surface area contributed by atoms with Gasteiger partial charge in [0.2, 0.25) is 0 Å². The average molecular weight is 540 g/mol. The van der Waals surface area contributed by atoms with Crippen molar-refractivity contribution in [3.05, 3.63) is 12.2 Å². The standard InChI is InChI=1S/C23H44O6P4/c1-4-22(2,3)23(26-16-27-23)14-13-18-17(19(24)15-20(18)28-30)11-9-7-5-6-8-10-12-21(25)29-33(31)32/h7,9,17-20,24H,4-6,8,10-16,30-32H2,1-3H3/b9-7+. The molecule has 1 saturated carbocycles. The molecule has 1 N–H and O–H groups in total. The summed E-state index contributed by atoms with van der Waals surface area (Å²) in [6.45, 7) is 6.94. The first-order valence-corrected chi connectivity index (χ1v) is 17.1. The monoisotopic (exact) mass is 540 g/mol. The van der Waals surface area contributed by atoms with Gasteiger partial charge < -0.3 is 23.6 Å². The van der Waals surface area contributed by atoms with Gasteiger partial charge in [-0.3, -0.25) is 4.79 Å². The molecule has 1 aliphatic carbocycles. The number of carbonyl (C=O) groups is 1. The number of unbranched alkanes of at least 4 members (excludes halogenated alkanes) is 3. The van der Waals surface area contributed by atoms with Crippen molar-refractivity contribution < 1.29 is 28.4 Å². The van der Waals surface area contributed by atoms with E-state index in [1.165, 1.54) is 0 Å². The fourth-order valence-corrected chi connectivity index (χ4v) is 6.33. The summed E-state index contributed by atoms with van der Waals surface area (Å²) in [5, 5.41) is 10.7. The molecule has 10 heteroatoms. The Kier molecular flexibility index (Phi) is 13.2. The lowest BCUT2D eigenvalue weighted by molar-refractivity contribution is -0.439. The van der Waals surface area contributed by atoms with Crippen molar-refractivity contribution in [2.24, 2.45) is 17.3 Å². The van der Waals surface area contributed by atoms with Gasteiger partial charge in [0.1, 0.15) is 7.53 Å². The van der Waals surface area contributed by atoms with Crippen LogP contribution in [0.3, 0.4) is 0 Å². The van der Waals surface area contributed by atoms with Crippen LogP contribution >= 0.6 is 34.8 Å². The summed E-state index contributed by atoms with van der Waals surface area (Å²) in [5.74, 6) is -0.196. The molecule has 2 rings (SSSR count). The van der Waals surface area contributed by atoms with Gasteiger partial charge in [-0.25, -0.2) is 0 Å². The molecule has 192 valence electrons. The normalized spacial score (nSPS) is 27.3. The molecule has 2 aliphatic rings. The second-order valence-electron chi connectivity index (χ2n) is 9.87. The molecule has 33 heavy (non-hydrogen) atoms. The van der Waals surface area contributed by atoms with Crippen molar-refractivity contribution in [3.8, 4) is 0 Å². The first-order chi connectivity index (χ1) is 15.7. The Morgan fingerprint density at radius 2 is 1.94 bits per heavy atom. The molecule has 0 spiro atoms. The van der Waals surface area contributed by atoms with Gasteiger partial charge in [0.05, 0.1) is 12.2 Å². The number of ether oxygens (including phenoxy) is 2. The number of hydrogen-bond acceptors (Lipinski definition) is 6. The van der Waals surface area contributed by atoms with Gasteiger partial charge in [0.15, 0.2) is 12.6 Å². The van der Waals surface area contributed by atoms with Crippen molar-refractivity contribution in [2.75, 3.05) is 6.79 Å². The molecule has 1 saturated heterocycles. The summed E-state index contributed by atoms with van der Waals surface area (Å²) < 4.78 is 22.8. The zero-order valence-corrected chi connectivity index (χ0v) is 24.8. The van der Waals surface area contributed by atoms with Crippen LogP contribution in [0.4, 0.5) is 0 Å². The van der Waals surface area contributed by atoms with Crippen LogP contribution in [-0.2, 0) is 23.3 Å². The Hall–Kier alpha value is 0.770. The van der Waals surface area contributed by atoms with Gasteiger partial charge in [0.25, 0.3) is 0 Å². The van der Waals surface area contributed by atoms with Crippen molar-refractivity contribution in [1.82, 2.24) is 0 Å². The van der Waals surface area contributed by atoms with E-state index >= 15 is 0 Å². The molecule has 0 aromatic carbocycles. The molecule has 0 amide bonds. The predicted molar refractivity (Wildman–Crippen MR) is 145 cm³/mol. The minimum atomic E-state index is -0.776. The molecule has 2 fully saturated rings. The molecule has 0 aromatic rings. The molecular formula is C23H44O6P4. The van der Waals surface area contributed by atoms with E-state index in [4.69, 9.17) is 18.5 Å². The average Bonchev–Trinajstić information content (AvgIpc) is 3.03. The maximum atomic E-state index is 11.6. The second kappa shape index (κ2) is 14.5. The topological polar surface area (TPSA) is 74.2 Å². The van der Waals surface area contributed by atoms with Crippen LogP contribution in [0.25, 0.3) is 0 Å². The fraction of sp³-hybridized carbons (Fsp3) is 0.870. The number of hydrogen-bond donors (Lipinski definition) is 1. The minimum absolute atomic E-state index is 0.0362. The van der Waals surface area contributed by atoms with Gasteiger partial charge >= 0.3 is 5.97 Å². The summed E-state index contributed by atoms with van der Waals surface area (Å²) >= 11 is 0. The smallest absolute Gasteiger partial charge is 0.309 e. The van der Waals surface area contributed by atoms with Gasteiger partial charge in [-0.05, 0) is 50.4 Å². The summed E-state index contributed by atoms with van der Waals surface area (Å²) in [7, 11) is 6.61. The zero-order chi connectivity index (χ0) is 24.5. The highest BCUT2D eigenvalue weighted by Crippen LogP contribution is 2.54. The Morgan fingerprint density at radius 1 is 1.21 bits per heavy atom. The molecule has 7 atom stereocenters. The minimum Gasteiger partial charge on any atom is -0.437 e. The first kappa shape index (κ1) is 30.0. The molecule has 0 radical (unpaired) electrons. The molecule has 1 heterocycles. The van der Waals surface area contributed by atoms with Crippen molar-refractivity contribution in [1.29, 1.82) is 0 Å². The van der Waals surface area contributed by atoms with Crippen LogP contribution in [0.1, 0.15) is 85.0 Å². The first-order valence-electron chi connectivity index (χ1n) is 12.1. The van der Waals surface area contributed by atoms with Crippen LogP contribution in [0, 0.1) is 17.3 Å². The van der Waals surface area contributed by atoms with E-state index < -0.39 is 13.3 Å². The maximum absolute atomic E-state index is 11.6. The Morgan fingerprint density at radius 3 is 2.52 bits per heavy atom.